The zero-order valence-corrected chi connectivity index (χ0v) is 8.03. The van der Waals surface area contributed by atoms with Gasteiger partial charge in [-0.15, -0.1) is 0 Å². The lowest BCUT2D eigenvalue weighted by molar-refractivity contribution is -0.885. The number of aliphatic hydroxyl groups excluding tert-OH is 1. The highest BCUT2D eigenvalue weighted by Gasteiger charge is 2.09. The van der Waals surface area contributed by atoms with Crippen molar-refractivity contribution in [3.05, 3.63) is 42.9 Å². The van der Waals surface area contributed by atoms with Gasteiger partial charge in [-0.25, -0.2) is 0 Å². The summed E-state index contributed by atoms with van der Waals surface area (Å²) in [4.78, 5) is 1.09. The van der Waals surface area contributed by atoms with Crippen molar-refractivity contribution < 1.29 is 10.0 Å². The largest absolute Gasteiger partial charge is 0.460 e. The van der Waals surface area contributed by atoms with Crippen LogP contribution in [0, 0.1) is 7.05 Å². The van der Waals surface area contributed by atoms with E-state index in [0.29, 0.717) is 12.6 Å². The molecule has 0 aliphatic carbocycles. The first kappa shape index (κ1) is 10.2. The van der Waals surface area contributed by atoms with Crippen LogP contribution >= 0.6 is 0 Å². The SMILES string of the molecule is [CH2-][NH+](CCO)C(C)c1ccccc1. The monoisotopic (exact) mass is 179 g/mol. The van der Waals surface area contributed by atoms with Gasteiger partial charge in [-0.05, 0) is 6.92 Å². The van der Waals surface area contributed by atoms with Crippen LogP contribution < -0.4 is 4.90 Å². The smallest absolute Gasteiger partial charge is 0.0900 e. The fourth-order valence-electron chi connectivity index (χ4n) is 1.34. The zero-order valence-electron chi connectivity index (χ0n) is 8.03. The van der Waals surface area contributed by atoms with Crippen LogP contribution in [0.2, 0.25) is 0 Å². The molecule has 0 radical (unpaired) electrons. The molecule has 2 heteroatoms. The Hall–Kier alpha value is -0.860. The molecule has 0 heterocycles. The van der Waals surface area contributed by atoms with E-state index in [9.17, 15) is 0 Å². The third-order valence-corrected chi connectivity index (χ3v) is 2.34. The van der Waals surface area contributed by atoms with Crippen LogP contribution in [-0.4, -0.2) is 18.3 Å². The summed E-state index contributed by atoms with van der Waals surface area (Å²) in [6.45, 7) is 3.00. The van der Waals surface area contributed by atoms with Crippen molar-refractivity contribution in [3.8, 4) is 0 Å². The van der Waals surface area contributed by atoms with Gasteiger partial charge in [0.1, 0.15) is 0 Å². The molecule has 2 nitrogen and oxygen atoms in total. The van der Waals surface area contributed by atoms with Crippen LogP contribution in [0.3, 0.4) is 0 Å². The Kier molecular flexibility index (Phi) is 3.93. The summed E-state index contributed by atoms with van der Waals surface area (Å²) in [5, 5.41) is 8.77. The van der Waals surface area contributed by atoms with E-state index in [4.69, 9.17) is 5.11 Å². The second-order valence-corrected chi connectivity index (χ2v) is 3.26. The topological polar surface area (TPSA) is 24.7 Å². The van der Waals surface area contributed by atoms with Crippen LogP contribution in [0.15, 0.2) is 30.3 Å². The maximum Gasteiger partial charge on any atom is 0.0900 e. The van der Waals surface area contributed by atoms with Crippen molar-refractivity contribution >= 4 is 0 Å². The second-order valence-electron chi connectivity index (χ2n) is 3.26. The van der Waals surface area contributed by atoms with Gasteiger partial charge < -0.3 is 10.0 Å². The Labute approximate surface area is 79.8 Å². The molecule has 0 bridgehead atoms. The molecular weight excluding hydrogens is 162 g/mol. The first-order chi connectivity index (χ1) is 6.25. The highest BCUT2D eigenvalue weighted by molar-refractivity contribution is 5.16. The Bertz CT molecular complexity index is 235. The number of hydrogen-bond acceptors (Lipinski definition) is 1. The van der Waals surface area contributed by atoms with Crippen LogP contribution in [0.5, 0.6) is 0 Å². The molecule has 13 heavy (non-hydrogen) atoms. The predicted molar refractivity (Wildman–Crippen MR) is 53.1 cm³/mol. The minimum Gasteiger partial charge on any atom is -0.460 e. The number of rotatable bonds is 4. The minimum atomic E-state index is 0.190. The summed E-state index contributed by atoms with van der Waals surface area (Å²) in [7, 11) is 3.96. The average molecular weight is 179 g/mol. The first-order valence-corrected chi connectivity index (χ1v) is 4.59. The van der Waals surface area contributed by atoms with Gasteiger partial charge in [0.25, 0.3) is 0 Å². The van der Waals surface area contributed by atoms with Gasteiger partial charge in [-0.2, -0.15) is 7.05 Å². The molecule has 1 rings (SSSR count). The molecule has 1 aromatic carbocycles. The Balaban J connectivity index is 2.62. The van der Waals surface area contributed by atoms with Crippen molar-refractivity contribution in [2.45, 2.75) is 13.0 Å². The van der Waals surface area contributed by atoms with Gasteiger partial charge in [-0.1, -0.05) is 30.3 Å². The minimum absolute atomic E-state index is 0.190. The molecule has 2 atom stereocenters. The fourth-order valence-corrected chi connectivity index (χ4v) is 1.34. The number of quaternary nitrogens is 1. The van der Waals surface area contributed by atoms with E-state index in [-0.39, 0.29) is 6.61 Å². The van der Waals surface area contributed by atoms with E-state index < -0.39 is 0 Å². The van der Waals surface area contributed by atoms with Crippen molar-refractivity contribution in [3.63, 3.8) is 0 Å². The number of benzene rings is 1. The van der Waals surface area contributed by atoms with Crippen LogP contribution in [-0.2, 0) is 0 Å². The molecule has 0 saturated carbocycles. The van der Waals surface area contributed by atoms with Crippen molar-refractivity contribution in [1.82, 2.24) is 0 Å². The van der Waals surface area contributed by atoms with Crippen molar-refractivity contribution in [2.75, 3.05) is 13.2 Å². The highest BCUT2D eigenvalue weighted by atomic mass is 16.3. The molecule has 72 valence electrons. The van der Waals surface area contributed by atoms with E-state index in [1.807, 2.05) is 18.2 Å². The van der Waals surface area contributed by atoms with Gasteiger partial charge in [0, 0.05) is 5.56 Å². The summed E-state index contributed by atoms with van der Waals surface area (Å²) >= 11 is 0. The molecule has 2 unspecified atom stereocenters. The van der Waals surface area contributed by atoms with Crippen LogP contribution in [0.25, 0.3) is 0 Å². The lowest BCUT2D eigenvalue weighted by Gasteiger charge is -2.27. The van der Waals surface area contributed by atoms with E-state index >= 15 is 0 Å². The lowest BCUT2D eigenvalue weighted by Crippen LogP contribution is -3.07. The highest BCUT2D eigenvalue weighted by Crippen LogP contribution is 2.06. The predicted octanol–water partition coefficient (Wildman–Crippen LogP) is 0.416. The van der Waals surface area contributed by atoms with Crippen LogP contribution in [0.4, 0.5) is 0 Å². The second kappa shape index (κ2) is 5.00. The maximum absolute atomic E-state index is 8.77. The molecule has 1 aromatic rings. The Morgan fingerprint density at radius 1 is 1.38 bits per heavy atom. The van der Waals surface area contributed by atoms with Crippen molar-refractivity contribution in [1.29, 1.82) is 0 Å². The fraction of sp³-hybridized carbons (Fsp3) is 0.364. The van der Waals surface area contributed by atoms with Gasteiger partial charge >= 0.3 is 0 Å². The molecule has 0 saturated heterocycles. The van der Waals surface area contributed by atoms with E-state index in [0.717, 1.165) is 4.90 Å². The quantitative estimate of drug-likeness (QED) is 0.643. The Morgan fingerprint density at radius 3 is 2.54 bits per heavy atom. The van der Waals surface area contributed by atoms with Gasteiger partial charge in [0.15, 0.2) is 0 Å². The zero-order chi connectivity index (χ0) is 9.68. The summed E-state index contributed by atoms with van der Waals surface area (Å²) < 4.78 is 0. The van der Waals surface area contributed by atoms with Crippen molar-refractivity contribution in [2.24, 2.45) is 0 Å². The molecule has 0 fully saturated rings. The molecule has 2 N–H and O–H groups in total. The van der Waals surface area contributed by atoms with Gasteiger partial charge in [-0.3, -0.25) is 0 Å². The summed E-state index contributed by atoms with van der Waals surface area (Å²) in [6, 6.07) is 10.6. The average Bonchev–Trinajstić information content (AvgIpc) is 2.18. The van der Waals surface area contributed by atoms with Gasteiger partial charge in [0.2, 0.25) is 0 Å². The Morgan fingerprint density at radius 2 is 2.00 bits per heavy atom. The molecule has 0 aromatic heterocycles. The molecule has 0 aliphatic rings. The van der Waals surface area contributed by atoms with Gasteiger partial charge in [0.05, 0.1) is 19.2 Å². The standard InChI is InChI=1S/C11H17NO/c1-10(12(2)8-9-13)11-6-4-3-5-7-11/h3-7,10,12-13H,2,8-9H2,1H3. The third kappa shape index (κ3) is 2.83. The lowest BCUT2D eigenvalue weighted by atomic mass is 10.1. The van der Waals surface area contributed by atoms with Crippen LogP contribution in [0.1, 0.15) is 18.5 Å². The number of aliphatic hydroxyl groups is 1. The number of nitrogens with one attached hydrogen (secondary N) is 1. The number of hydrogen-bond donors (Lipinski definition) is 2. The van der Waals surface area contributed by atoms with E-state index in [1.54, 1.807) is 0 Å². The maximum atomic E-state index is 8.77. The summed E-state index contributed by atoms with van der Waals surface area (Å²) in [5.41, 5.74) is 1.26. The molecule has 0 aliphatic heterocycles. The molecular formula is C11H17NO. The molecule has 0 spiro atoms. The first-order valence-electron chi connectivity index (χ1n) is 4.59. The van der Waals surface area contributed by atoms with E-state index in [2.05, 4.69) is 26.1 Å². The summed E-state index contributed by atoms with van der Waals surface area (Å²) in [6.07, 6.45) is 0. The third-order valence-electron chi connectivity index (χ3n) is 2.34. The molecule has 0 amide bonds. The summed E-state index contributed by atoms with van der Waals surface area (Å²) in [5.74, 6) is 0. The van der Waals surface area contributed by atoms with E-state index in [1.165, 1.54) is 5.56 Å². The normalized spacial score (nSPS) is 15.3.